The van der Waals surface area contributed by atoms with Crippen LogP contribution in [0.15, 0.2) is 53.7 Å². The van der Waals surface area contributed by atoms with Gasteiger partial charge in [-0.15, -0.1) is 0 Å². The van der Waals surface area contributed by atoms with E-state index in [4.69, 9.17) is 16.3 Å². The zero-order valence-electron chi connectivity index (χ0n) is 19.7. The molecular weight excluding hydrogens is 521 g/mol. The summed E-state index contributed by atoms with van der Waals surface area (Å²) in [6.07, 6.45) is 3.84. The van der Waals surface area contributed by atoms with Crippen molar-refractivity contribution in [3.8, 4) is 22.9 Å². The van der Waals surface area contributed by atoms with Crippen molar-refractivity contribution in [1.82, 2.24) is 19.9 Å². The van der Waals surface area contributed by atoms with Crippen LogP contribution in [-0.4, -0.2) is 66.9 Å². The number of hydrogen-bond donors (Lipinski definition) is 2. The number of phenols is 1. The molecule has 2 N–H and O–H groups in total. The Morgan fingerprint density at radius 2 is 1.89 bits per heavy atom. The highest BCUT2D eigenvalue weighted by molar-refractivity contribution is 7.90. The Bertz CT molecular complexity index is 1510. The molecule has 12 heteroatoms. The molecule has 0 aliphatic rings. The van der Waals surface area contributed by atoms with Gasteiger partial charge in [-0.1, -0.05) is 19.0 Å². The lowest BCUT2D eigenvalue weighted by Gasteiger charge is -2.15. The summed E-state index contributed by atoms with van der Waals surface area (Å²) in [5.41, 5.74) is 1.95. The molecule has 0 aliphatic carbocycles. The predicted molar refractivity (Wildman–Crippen MR) is 143 cm³/mol. The van der Waals surface area contributed by atoms with E-state index in [1.54, 1.807) is 24.3 Å². The highest BCUT2D eigenvalue weighted by Gasteiger charge is 2.20. The highest BCUT2D eigenvalue weighted by atomic mass is 35.5. The van der Waals surface area contributed by atoms with E-state index < -0.39 is 21.4 Å². The molecule has 0 atom stereocenters. The summed E-state index contributed by atoms with van der Waals surface area (Å²) in [4.78, 5) is 15.0. The van der Waals surface area contributed by atoms with Crippen LogP contribution in [0.4, 0.5) is 15.8 Å². The number of aromatic hydroxyl groups is 1. The topological polar surface area (TPSA) is 118 Å². The summed E-state index contributed by atoms with van der Waals surface area (Å²) >= 11 is 5.93. The molecule has 0 radical (unpaired) electrons. The van der Waals surface area contributed by atoms with E-state index in [1.807, 2.05) is 19.0 Å². The highest BCUT2D eigenvalue weighted by Crippen LogP contribution is 2.35. The van der Waals surface area contributed by atoms with E-state index in [0.717, 1.165) is 18.9 Å². The van der Waals surface area contributed by atoms with Crippen molar-refractivity contribution in [2.45, 2.75) is 12.3 Å². The molecule has 3 aromatic heterocycles. The van der Waals surface area contributed by atoms with Crippen molar-refractivity contribution >= 4 is 43.8 Å². The third kappa shape index (κ3) is 6.43. The summed E-state index contributed by atoms with van der Waals surface area (Å²) < 4.78 is 44.8. The van der Waals surface area contributed by atoms with Gasteiger partial charge in [0.05, 0.1) is 33.8 Å². The fraction of sp³-hybridized carbons (Fsp3) is 0.240. The first-order valence-corrected chi connectivity index (χ1v) is 13.0. The van der Waals surface area contributed by atoms with Gasteiger partial charge in [-0.05, 0) is 44.4 Å². The molecule has 0 aliphatic heterocycles. The van der Waals surface area contributed by atoms with Crippen molar-refractivity contribution in [3.05, 3.63) is 59.6 Å². The number of anilines is 2. The summed E-state index contributed by atoms with van der Waals surface area (Å²) in [7, 11) is 0.179. The minimum Gasteiger partial charge on any atom is -0.504 e. The number of pyridine rings is 3. The van der Waals surface area contributed by atoms with Crippen LogP contribution in [0.5, 0.6) is 11.6 Å². The molecule has 196 valence electrons. The normalized spacial score (nSPS) is 11.4. The molecule has 0 fully saturated rings. The van der Waals surface area contributed by atoms with E-state index >= 15 is 0 Å². The number of likely N-dealkylation sites (N-methyl/N-ethyl adjacent to an activating group) is 1. The van der Waals surface area contributed by atoms with Crippen LogP contribution in [-0.2, 0) is 9.84 Å². The minimum absolute atomic E-state index is 0. The zero-order valence-corrected chi connectivity index (χ0v) is 21.2. The van der Waals surface area contributed by atoms with Gasteiger partial charge in [0.25, 0.3) is 0 Å². The first kappa shape index (κ1) is 28.0. The summed E-state index contributed by atoms with van der Waals surface area (Å²) in [6, 6.07) is 9.07. The number of sulfone groups is 1. The molecule has 3 heterocycles. The van der Waals surface area contributed by atoms with E-state index in [-0.39, 0.29) is 28.5 Å². The van der Waals surface area contributed by atoms with Gasteiger partial charge in [0.1, 0.15) is 17.0 Å². The smallest absolute Gasteiger partial charge is 0.213 e. The third-order valence-corrected chi connectivity index (χ3v) is 6.58. The summed E-state index contributed by atoms with van der Waals surface area (Å²) in [5, 5.41) is 12.6. The lowest BCUT2D eigenvalue weighted by molar-refractivity contribution is 0.254. The SMILES string of the molecule is C.CN(C)CCOc1ccc(Nc2c(S(C)(=O)=O)cnc3ccc(-c4cc(F)c(O)c(Cl)c4)nc23)cn1. The average Bonchev–Trinajstić information content (AvgIpc) is 2.82. The average molecular weight is 548 g/mol. The first-order valence-electron chi connectivity index (χ1n) is 10.7. The fourth-order valence-corrected chi connectivity index (χ4v) is 4.31. The number of nitrogens with zero attached hydrogens (tertiary/aromatic N) is 4. The van der Waals surface area contributed by atoms with Crippen LogP contribution >= 0.6 is 11.6 Å². The Kier molecular flexibility index (Phi) is 8.52. The summed E-state index contributed by atoms with van der Waals surface area (Å²) in [6.45, 7) is 1.20. The zero-order chi connectivity index (χ0) is 26.0. The van der Waals surface area contributed by atoms with Gasteiger partial charge in [-0.3, -0.25) is 4.98 Å². The van der Waals surface area contributed by atoms with Crippen LogP contribution in [0.2, 0.25) is 5.02 Å². The van der Waals surface area contributed by atoms with Gasteiger partial charge in [0.2, 0.25) is 5.88 Å². The van der Waals surface area contributed by atoms with Crippen molar-refractivity contribution in [1.29, 1.82) is 0 Å². The predicted octanol–water partition coefficient (Wildman–Crippen LogP) is 4.91. The number of fused-ring (bicyclic) bond motifs is 1. The largest absolute Gasteiger partial charge is 0.504 e. The van der Waals surface area contributed by atoms with Crippen LogP contribution in [0.3, 0.4) is 0 Å². The second-order valence-electron chi connectivity index (χ2n) is 8.28. The summed E-state index contributed by atoms with van der Waals surface area (Å²) in [5.74, 6) is -1.14. The Morgan fingerprint density at radius 1 is 1.14 bits per heavy atom. The maximum atomic E-state index is 14.1. The lowest BCUT2D eigenvalue weighted by Crippen LogP contribution is -2.19. The monoisotopic (exact) mass is 547 g/mol. The first-order chi connectivity index (χ1) is 17.0. The molecular formula is C25H27ClFN5O4S. The second-order valence-corrected chi connectivity index (χ2v) is 10.7. The molecule has 4 aromatic rings. The number of nitrogens with one attached hydrogen (secondary N) is 1. The van der Waals surface area contributed by atoms with Gasteiger partial charge in [0, 0.05) is 30.6 Å². The van der Waals surface area contributed by atoms with E-state index in [1.165, 1.54) is 18.5 Å². The van der Waals surface area contributed by atoms with Gasteiger partial charge in [0.15, 0.2) is 21.4 Å². The van der Waals surface area contributed by atoms with Crippen LogP contribution in [0.25, 0.3) is 22.3 Å². The van der Waals surface area contributed by atoms with Gasteiger partial charge in [-0.2, -0.15) is 0 Å². The molecule has 1 aromatic carbocycles. The number of ether oxygens (including phenoxy) is 1. The molecule has 0 bridgehead atoms. The Labute approximate surface area is 219 Å². The number of benzene rings is 1. The van der Waals surface area contributed by atoms with Crippen molar-refractivity contribution < 1.29 is 22.7 Å². The number of phenolic OH excluding ortho intramolecular Hbond substituents is 1. The number of halogens is 2. The quantitative estimate of drug-likeness (QED) is 0.317. The molecule has 0 unspecified atom stereocenters. The molecule has 37 heavy (non-hydrogen) atoms. The van der Waals surface area contributed by atoms with Crippen molar-refractivity contribution in [3.63, 3.8) is 0 Å². The van der Waals surface area contributed by atoms with E-state index in [0.29, 0.717) is 34.9 Å². The maximum absolute atomic E-state index is 14.1. The molecule has 0 amide bonds. The molecule has 4 rings (SSSR count). The van der Waals surface area contributed by atoms with Gasteiger partial charge < -0.3 is 20.1 Å². The Morgan fingerprint density at radius 3 is 2.51 bits per heavy atom. The number of aromatic nitrogens is 3. The Hall–Kier alpha value is -3.54. The van der Waals surface area contributed by atoms with Crippen LogP contribution < -0.4 is 10.1 Å². The van der Waals surface area contributed by atoms with Gasteiger partial charge in [-0.25, -0.2) is 22.8 Å². The van der Waals surface area contributed by atoms with Gasteiger partial charge >= 0.3 is 0 Å². The van der Waals surface area contributed by atoms with E-state index in [9.17, 15) is 17.9 Å². The fourth-order valence-electron chi connectivity index (χ4n) is 3.34. The van der Waals surface area contributed by atoms with Crippen LogP contribution in [0, 0.1) is 5.82 Å². The molecule has 0 saturated carbocycles. The molecule has 9 nitrogen and oxygen atoms in total. The second kappa shape index (κ2) is 11.2. The van der Waals surface area contributed by atoms with Crippen LogP contribution in [0.1, 0.15) is 7.43 Å². The number of rotatable bonds is 8. The standard InChI is InChI=1S/C24H23ClFN5O4S.CH4/c1-31(2)8-9-35-21-7-4-15(12-28-21)29-23-20(36(3,33)34)13-27-19-6-5-18(30-22(19)23)14-10-16(25)24(32)17(26)11-14;/h4-7,10-13,32H,8-9H2,1-3H3,(H,27,29);1H4. The van der Waals surface area contributed by atoms with Crippen molar-refractivity contribution in [2.75, 3.05) is 38.8 Å². The van der Waals surface area contributed by atoms with E-state index in [2.05, 4.69) is 20.3 Å². The Balaban J connectivity index is 0.00000380. The molecule has 0 spiro atoms. The number of hydrogen-bond acceptors (Lipinski definition) is 9. The molecule has 0 saturated heterocycles. The lowest BCUT2D eigenvalue weighted by atomic mass is 10.1. The third-order valence-electron chi connectivity index (χ3n) is 5.18. The van der Waals surface area contributed by atoms with Crippen molar-refractivity contribution in [2.24, 2.45) is 0 Å². The minimum atomic E-state index is -3.70. The maximum Gasteiger partial charge on any atom is 0.213 e.